The number of aliphatic hydroxyl groups excluding tert-OH is 1. The van der Waals surface area contributed by atoms with E-state index >= 15 is 0 Å². The zero-order chi connectivity index (χ0) is 16.5. The Balaban J connectivity index is 1.67. The Hall–Kier alpha value is -2.79. The van der Waals surface area contributed by atoms with E-state index in [1.165, 1.54) is 0 Å². The Kier molecular flexibility index (Phi) is 3.70. The number of rotatable bonds is 4. The summed E-state index contributed by atoms with van der Waals surface area (Å²) in [6.45, 7) is -0.0275. The van der Waals surface area contributed by atoms with E-state index in [-0.39, 0.29) is 18.4 Å². The summed E-state index contributed by atoms with van der Waals surface area (Å²) >= 11 is 0. The number of carbonyl (C=O) groups is 1. The van der Waals surface area contributed by atoms with E-state index in [1.54, 1.807) is 18.6 Å². The van der Waals surface area contributed by atoms with Crippen LogP contribution in [0.4, 0.5) is 5.82 Å². The summed E-state index contributed by atoms with van der Waals surface area (Å²) in [5, 5.41) is 14.3. The van der Waals surface area contributed by atoms with Gasteiger partial charge in [-0.2, -0.15) is 0 Å². The normalized spacial score (nSPS) is 13.9. The number of hydrogen-bond acceptors (Lipinski definition) is 4. The SMILES string of the molecule is O=C(Nc1cc2ccc(-c3cnccc3CO)cc2cn1)C1CC1. The molecule has 4 rings (SSSR count). The lowest BCUT2D eigenvalue weighted by atomic mass is 10.00. The van der Waals surface area contributed by atoms with Crippen LogP contribution in [0.1, 0.15) is 18.4 Å². The molecule has 2 N–H and O–H groups in total. The van der Waals surface area contributed by atoms with E-state index in [4.69, 9.17) is 0 Å². The number of aromatic nitrogens is 2. The molecule has 0 bridgehead atoms. The molecule has 1 saturated carbocycles. The lowest BCUT2D eigenvalue weighted by molar-refractivity contribution is -0.117. The van der Waals surface area contributed by atoms with Crippen molar-refractivity contribution < 1.29 is 9.90 Å². The third-order valence-electron chi connectivity index (χ3n) is 4.31. The number of carbonyl (C=O) groups excluding carboxylic acids is 1. The maximum absolute atomic E-state index is 11.8. The molecule has 24 heavy (non-hydrogen) atoms. The fourth-order valence-electron chi connectivity index (χ4n) is 2.77. The molecule has 0 aliphatic heterocycles. The molecule has 1 fully saturated rings. The highest BCUT2D eigenvalue weighted by atomic mass is 16.3. The lowest BCUT2D eigenvalue weighted by Gasteiger charge is -2.09. The second-order valence-electron chi connectivity index (χ2n) is 6.09. The third kappa shape index (κ3) is 2.86. The van der Waals surface area contributed by atoms with Crippen LogP contribution in [0.2, 0.25) is 0 Å². The van der Waals surface area contributed by atoms with Crippen LogP contribution in [-0.4, -0.2) is 21.0 Å². The fraction of sp³-hybridized carbons (Fsp3) is 0.211. The lowest BCUT2D eigenvalue weighted by Crippen LogP contribution is -2.14. The molecule has 0 unspecified atom stereocenters. The van der Waals surface area contributed by atoms with Gasteiger partial charge in [0.2, 0.25) is 5.91 Å². The predicted octanol–water partition coefficient (Wildman–Crippen LogP) is 3.14. The van der Waals surface area contributed by atoms with E-state index in [0.29, 0.717) is 5.82 Å². The van der Waals surface area contributed by atoms with Gasteiger partial charge >= 0.3 is 0 Å². The van der Waals surface area contributed by atoms with E-state index in [1.807, 2.05) is 30.3 Å². The molecule has 1 aromatic carbocycles. The average Bonchev–Trinajstić information content (AvgIpc) is 3.46. The average molecular weight is 319 g/mol. The van der Waals surface area contributed by atoms with E-state index in [0.717, 1.165) is 40.3 Å². The van der Waals surface area contributed by atoms with Gasteiger partial charge in [-0.05, 0) is 47.6 Å². The van der Waals surface area contributed by atoms with Crippen molar-refractivity contribution in [1.29, 1.82) is 0 Å². The maximum atomic E-state index is 11.8. The van der Waals surface area contributed by atoms with Crippen molar-refractivity contribution in [2.24, 2.45) is 5.92 Å². The topological polar surface area (TPSA) is 75.1 Å². The summed E-state index contributed by atoms with van der Waals surface area (Å²) in [6.07, 6.45) is 7.13. The molecule has 1 aliphatic rings. The molecule has 0 saturated heterocycles. The van der Waals surface area contributed by atoms with E-state index in [9.17, 15) is 9.90 Å². The van der Waals surface area contributed by atoms with E-state index in [2.05, 4.69) is 15.3 Å². The van der Waals surface area contributed by atoms with Crippen LogP contribution in [0.3, 0.4) is 0 Å². The molecule has 0 atom stereocenters. The Morgan fingerprint density at radius 2 is 2.04 bits per heavy atom. The first-order valence-electron chi connectivity index (χ1n) is 7.99. The monoisotopic (exact) mass is 319 g/mol. The molecule has 5 heteroatoms. The Bertz CT molecular complexity index is 919. The van der Waals surface area contributed by atoms with Crippen molar-refractivity contribution >= 4 is 22.5 Å². The largest absolute Gasteiger partial charge is 0.392 e. The number of anilines is 1. The van der Waals surface area contributed by atoms with Crippen LogP contribution >= 0.6 is 0 Å². The first-order chi connectivity index (χ1) is 11.7. The molecule has 120 valence electrons. The van der Waals surface area contributed by atoms with Crippen LogP contribution in [0.15, 0.2) is 48.9 Å². The number of fused-ring (bicyclic) bond motifs is 1. The number of benzene rings is 1. The minimum absolute atomic E-state index is 0.0275. The van der Waals surface area contributed by atoms with E-state index < -0.39 is 0 Å². The summed E-state index contributed by atoms with van der Waals surface area (Å²) in [5.41, 5.74) is 2.73. The quantitative estimate of drug-likeness (QED) is 0.774. The Labute approximate surface area is 139 Å². The van der Waals surface area contributed by atoms with Crippen molar-refractivity contribution in [3.8, 4) is 11.1 Å². The van der Waals surface area contributed by atoms with Crippen molar-refractivity contribution in [3.63, 3.8) is 0 Å². The molecule has 2 aromatic heterocycles. The van der Waals surface area contributed by atoms with Crippen molar-refractivity contribution in [3.05, 3.63) is 54.5 Å². The molecular weight excluding hydrogens is 302 g/mol. The van der Waals surface area contributed by atoms with Crippen LogP contribution in [0, 0.1) is 5.92 Å². The Morgan fingerprint density at radius 1 is 1.17 bits per heavy atom. The van der Waals surface area contributed by atoms with Gasteiger partial charge in [0.15, 0.2) is 0 Å². The van der Waals surface area contributed by atoms with Gasteiger partial charge in [-0.25, -0.2) is 4.98 Å². The predicted molar refractivity (Wildman–Crippen MR) is 92.3 cm³/mol. The fourth-order valence-corrected chi connectivity index (χ4v) is 2.77. The third-order valence-corrected chi connectivity index (χ3v) is 4.31. The van der Waals surface area contributed by atoms with Gasteiger partial charge in [0.05, 0.1) is 6.61 Å². The van der Waals surface area contributed by atoms with Gasteiger partial charge in [-0.3, -0.25) is 9.78 Å². The zero-order valence-electron chi connectivity index (χ0n) is 13.1. The molecular formula is C19H17N3O2. The molecule has 2 heterocycles. The van der Waals surface area contributed by atoms with Crippen LogP contribution in [0.5, 0.6) is 0 Å². The number of hydrogen-bond donors (Lipinski definition) is 2. The number of nitrogens with one attached hydrogen (secondary N) is 1. The summed E-state index contributed by atoms with van der Waals surface area (Å²) in [5.74, 6) is 0.804. The highest BCUT2D eigenvalue weighted by Crippen LogP contribution is 2.31. The molecule has 0 radical (unpaired) electrons. The summed E-state index contributed by atoms with van der Waals surface area (Å²) in [7, 11) is 0. The van der Waals surface area contributed by atoms with Gasteiger partial charge < -0.3 is 10.4 Å². The smallest absolute Gasteiger partial charge is 0.228 e. The molecule has 5 nitrogen and oxygen atoms in total. The van der Waals surface area contributed by atoms with Gasteiger partial charge in [-0.15, -0.1) is 0 Å². The van der Waals surface area contributed by atoms with Crippen LogP contribution in [0.25, 0.3) is 21.9 Å². The molecule has 3 aromatic rings. The van der Waals surface area contributed by atoms with Gasteiger partial charge in [0, 0.05) is 35.5 Å². The minimum Gasteiger partial charge on any atom is -0.392 e. The zero-order valence-corrected chi connectivity index (χ0v) is 13.1. The highest BCUT2D eigenvalue weighted by Gasteiger charge is 2.29. The highest BCUT2D eigenvalue weighted by molar-refractivity contribution is 5.96. The van der Waals surface area contributed by atoms with Crippen LogP contribution < -0.4 is 5.32 Å². The number of nitrogens with zero attached hydrogens (tertiary/aromatic N) is 2. The first-order valence-corrected chi connectivity index (χ1v) is 7.99. The van der Waals surface area contributed by atoms with Crippen LogP contribution in [-0.2, 0) is 11.4 Å². The van der Waals surface area contributed by atoms with Gasteiger partial charge in [0.1, 0.15) is 5.82 Å². The number of pyridine rings is 2. The summed E-state index contributed by atoms with van der Waals surface area (Å²) < 4.78 is 0. The summed E-state index contributed by atoms with van der Waals surface area (Å²) in [4.78, 5) is 20.3. The second-order valence-corrected chi connectivity index (χ2v) is 6.09. The van der Waals surface area contributed by atoms with Crippen molar-refractivity contribution in [1.82, 2.24) is 9.97 Å². The van der Waals surface area contributed by atoms with Crippen molar-refractivity contribution in [2.45, 2.75) is 19.4 Å². The maximum Gasteiger partial charge on any atom is 0.228 e. The number of aliphatic hydroxyl groups is 1. The number of amides is 1. The van der Waals surface area contributed by atoms with Gasteiger partial charge in [-0.1, -0.05) is 12.1 Å². The first kappa shape index (κ1) is 14.8. The molecule has 0 spiro atoms. The molecule has 1 amide bonds. The standard InChI is InChI=1S/C19H17N3O2/c23-11-15-5-6-20-10-17(15)14-4-3-13-8-18(21-9-16(13)7-14)22-19(24)12-1-2-12/h3-10,12,23H,1-2,11H2,(H,21,22,24). The summed E-state index contributed by atoms with van der Waals surface area (Å²) in [6, 6.07) is 9.70. The second kappa shape index (κ2) is 6.02. The van der Waals surface area contributed by atoms with Gasteiger partial charge in [0.25, 0.3) is 0 Å². The van der Waals surface area contributed by atoms with Crippen molar-refractivity contribution in [2.75, 3.05) is 5.32 Å². The Morgan fingerprint density at radius 3 is 2.83 bits per heavy atom. The minimum atomic E-state index is -0.0275. The molecule has 1 aliphatic carbocycles.